The van der Waals surface area contributed by atoms with Gasteiger partial charge in [0.05, 0.1) is 11.3 Å². The van der Waals surface area contributed by atoms with Crippen LogP contribution in [0.3, 0.4) is 0 Å². The second-order valence-electron chi connectivity index (χ2n) is 3.70. The van der Waals surface area contributed by atoms with Gasteiger partial charge >= 0.3 is 6.18 Å². The Bertz CT molecular complexity index is 637. The third-order valence-electron chi connectivity index (χ3n) is 2.41. The first kappa shape index (κ1) is 13.5. The molecule has 2 aromatic rings. The van der Waals surface area contributed by atoms with Gasteiger partial charge in [0, 0.05) is 7.05 Å². The molecule has 2 heterocycles. The van der Waals surface area contributed by atoms with E-state index in [1.807, 2.05) is 0 Å². The van der Waals surface area contributed by atoms with Crippen molar-refractivity contribution in [2.75, 3.05) is 0 Å². The van der Waals surface area contributed by atoms with Crippen LogP contribution in [0.25, 0.3) is 11.4 Å². The van der Waals surface area contributed by atoms with Crippen LogP contribution in [-0.2, 0) is 13.2 Å². The Balaban J connectivity index is 2.60. The van der Waals surface area contributed by atoms with Crippen LogP contribution in [0.1, 0.15) is 16.1 Å². The van der Waals surface area contributed by atoms with Crippen molar-refractivity contribution < 1.29 is 18.0 Å². The number of aldehydes is 1. The van der Waals surface area contributed by atoms with E-state index < -0.39 is 11.9 Å². The van der Waals surface area contributed by atoms with Crippen LogP contribution in [0.2, 0.25) is 5.15 Å². The van der Waals surface area contributed by atoms with Crippen molar-refractivity contribution in [3.05, 3.63) is 34.6 Å². The van der Waals surface area contributed by atoms with Crippen molar-refractivity contribution >= 4 is 17.9 Å². The van der Waals surface area contributed by atoms with Gasteiger partial charge in [0.25, 0.3) is 0 Å². The number of aryl methyl sites for hydroxylation is 1. The summed E-state index contributed by atoms with van der Waals surface area (Å²) in [7, 11) is 1.48. The molecule has 100 valence electrons. The average molecular weight is 290 g/mol. The fourth-order valence-electron chi connectivity index (χ4n) is 1.54. The highest BCUT2D eigenvalue weighted by atomic mass is 35.5. The molecule has 0 radical (unpaired) electrons. The van der Waals surface area contributed by atoms with E-state index in [9.17, 15) is 18.0 Å². The van der Waals surface area contributed by atoms with Crippen molar-refractivity contribution in [1.29, 1.82) is 0 Å². The first-order valence-electron chi connectivity index (χ1n) is 5.07. The minimum absolute atomic E-state index is 0.0102. The van der Waals surface area contributed by atoms with E-state index in [4.69, 9.17) is 11.6 Å². The van der Waals surface area contributed by atoms with Gasteiger partial charge in [-0.1, -0.05) is 17.7 Å². The molecule has 0 bridgehead atoms. The average Bonchev–Trinajstić information content (AvgIpc) is 2.64. The number of alkyl halides is 3. The lowest BCUT2D eigenvalue weighted by molar-refractivity contribution is -0.141. The van der Waals surface area contributed by atoms with Crippen molar-refractivity contribution in [2.45, 2.75) is 6.18 Å². The lowest BCUT2D eigenvalue weighted by Gasteiger charge is -2.06. The molecule has 0 aliphatic rings. The number of halogens is 4. The molecule has 0 spiro atoms. The van der Waals surface area contributed by atoms with E-state index in [1.54, 1.807) is 0 Å². The molecule has 8 heteroatoms. The summed E-state index contributed by atoms with van der Waals surface area (Å²) in [5.74, 6) is 0. The Labute approximate surface area is 110 Å². The summed E-state index contributed by atoms with van der Waals surface area (Å²) in [5, 5.41) is 3.94. The van der Waals surface area contributed by atoms with Gasteiger partial charge in [-0.3, -0.25) is 9.48 Å². The Morgan fingerprint density at radius 3 is 2.63 bits per heavy atom. The molecule has 0 aliphatic heterocycles. The third-order valence-corrected chi connectivity index (χ3v) is 2.86. The molecule has 0 unspecified atom stereocenters. The Morgan fingerprint density at radius 1 is 1.37 bits per heavy atom. The minimum Gasteiger partial charge on any atom is -0.298 e. The lowest BCUT2D eigenvalue weighted by Crippen LogP contribution is -2.08. The predicted octanol–water partition coefficient (Wildman–Crippen LogP) is 2.97. The van der Waals surface area contributed by atoms with Gasteiger partial charge < -0.3 is 0 Å². The molecule has 2 rings (SSSR count). The van der Waals surface area contributed by atoms with E-state index in [1.165, 1.54) is 23.9 Å². The zero-order chi connectivity index (χ0) is 14.2. The maximum Gasteiger partial charge on any atom is 0.433 e. The SMILES string of the molecule is Cn1nc(-c2cccc(C(F)(F)F)n2)c(C=O)c1Cl. The smallest absolute Gasteiger partial charge is 0.298 e. The first-order valence-corrected chi connectivity index (χ1v) is 5.44. The van der Waals surface area contributed by atoms with Crippen LogP contribution < -0.4 is 0 Å². The van der Waals surface area contributed by atoms with Crippen molar-refractivity contribution in [3.8, 4) is 11.4 Å². The molecule has 0 N–H and O–H groups in total. The van der Waals surface area contributed by atoms with Crippen LogP contribution in [0.5, 0.6) is 0 Å². The highest BCUT2D eigenvalue weighted by molar-refractivity contribution is 6.32. The van der Waals surface area contributed by atoms with E-state index in [-0.39, 0.29) is 22.1 Å². The molecular formula is C11H7ClF3N3O. The van der Waals surface area contributed by atoms with Crippen LogP contribution >= 0.6 is 11.6 Å². The molecule has 0 fully saturated rings. The Kier molecular flexibility index (Phi) is 3.32. The van der Waals surface area contributed by atoms with Crippen LogP contribution in [0, 0.1) is 0 Å². The van der Waals surface area contributed by atoms with Gasteiger partial charge in [0.15, 0.2) is 6.29 Å². The molecule has 0 saturated heterocycles. The first-order chi connectivity index (χ1) is 8.84. The molecule has 4 nitrogen and oxygen atoms in total. The molecule has 0 aliphatic carbocycles. The Morgan fingerprint density at radius 2 is 2.05 bits per heavy atom. The number of hydrogen-bond donors (Lipinski definition) is 0. The summed E-state index contributed by atoms with van der Waals surface area (Å²) in [4.78, 5) is 14.4. The van der Waals surface area contributed by atoms with Gasteiger partial charge in [-0.25, -0.2) is 4.98 Å². The Hall–Kier alpha value is -1.89. The summed E-state index contributed by atoms with van der Waals surface area (Å²) in [6.07, 6.45) is -4.12. The van der Waals surface area contributed by atoms with Gasteiger partial charge in [-0.2, -0.15) is 18.3 Å². The minimum atomic E-state index is -4.56. The molecule has 0 saturated carbocycles. The van der Waals surface area contributed by atoms with Crippen molar-refractivity contribution in [1.82, 2.24) is 14.8 Å². The van der Waals surface area contributed by atoms with Crippen LogP contribution in [0.15, 0.2) is 18.2 Å². The third kappa shape index (κ3) is 2.46. The highest BCUT2D eigenvalue weighted by Crippen LogP contribution is 2.31. The van der Waals surface area contributed by atoms with E-state index >= 15 is 0 Å². The number of nitrogens with zero attached hydrogens (tertiary/aromatic N) is 3. The van der Waals surface area contributed by atoms with Gasteiger partial charge in [0.1, 0.15) is 16.5 Å². The summed E-state index contributed by atoms with van der Waals surface area (Å²) in [5.41, 5.74) is -1.08. The summed E-state index contributed by atoms with van der Waals surface area (Å²) in [6, 6.07) is 3.37. The van der Waals surface area contributed by atoms with Crippen molar-refractivity contribution in [3.63, 3.8) is 0 Å². The number of aromatic nitrogens is 3. The molecule has 2 aromatic heterocycles. The maximum atomic E-state index is 12.6. The standard InChI is InChI=1S/C11H7ClF3N3O/c1-18-10(12)6(5-19)9(17-18)7-3-2-4-8(16-7)11(13,14)15/h2-5H,1H3. The maximum absolute atomic E-state index is 12.6. The fraction of sp³-hybridized carbons (Fsp3) is 0.182. The lowest BCUT2D eigenvalue weighted by atomic mass is 10.2. The van der Waals surface area contributed by atoms with Crippen molar-refractivity contribution in [2.24, 2.45) is 7.05 Å². The van der Waals surface area contributed by atoms with Gasteiger partial charge in [-0.05, 0) is 12.1 Å². The molecule has 0 amide bonds. The quantitative estimate of drug-likeness (QED) is 0.799. The number of hydrogen-bond acceptors (Lipinski definition) is 3. The van der Waals surface area contributed by atoms with Gasteiger partial charge in [0.2, 0.25) is 0 Å². The molecule has 0 atom stereocenters. The normalized spacial score (nSPS) is 11.6. The second-order valence-corrected chi connectivity index (χ2v) is 4.06. The number of pyridine rings is 1. The number of carbonyl (C=O) groups excluding carboxylic acids is 1. The largest absolute Gasteiger partial charge is 0.433 e. The zero-order valence-electron chi connectivity index (χ0n) is 9.57. The fourth-order valence-corrected chi connectivity index (χ4v) is 1.71. The van der Waals surface area contributed by atoms with E-state index in [0.29, 0.717) is 6.29 Å². The summed E-state index contributed by atoms with van der Waals surface area (Å²) < 4.78 is 38.9. The van der Waals surface area contributed by atoms with Crippen LogP contribution in [-0.4, -0.2) is 21.1 Å². The highest BCUT2D eigenvalue weighted by Gasteiger charge is 2.33. The second kappa shape index (κ2) is 4.65. The number of rotatable bonds is 2. The predicted molar refractivity (Wildman–Crippen MR) is 61.8 cm³/mol. The van der Waals surface area contributed by atoms with E-state index in [2.05, 4.69) is 10.1 Å². The monoisotopic (exact) mass is 289 g/mol. The molecule has 0 aromatic carbocycles. The van der Waals surface area contributed by atoms with Crippen LogP contribution in [0.4, 0.5) is 13.2 Å². The summed E-state index contributed by atoms with van der Waals surface area (Å²) in [6.45, 7) is 0. The number of carbonyl (C=O) groups is 1. The summed E-state index contributed by atoms with van der Waals surface area (Å²) >= 11 is 5.81. The molecule has 19 heavy (non-hydrogen) atoms. The van der Waals surface area contributed by atoms with E-state index in [0.717, 1.165) is 6.07 Å². The zero-order valence-corrected chi connectivity index (χ0v) is 10.3. The molecular weight excluding hydrogens is 283 g/mol. The van der Waals surface area contributed by atoms with Gasteiger partial charge in [-0.15, -0.1) is 0 Å². The topological polar surface area (TPSA) is 47.8 Å².